The second-order valence-electron chi connectivity index (χ2n) is 7.59. The van der Waals surface area contributed by atoms with Crippen LogP contribution in [0.4, 0.5) is 13.2 Å². The van der Waals surface area contributed by atoms with E-state index < -0.39 is 23.3 Å². The van der Waals surface area contributed by atoms with E-state index in [0.29, 0.717) is 11.1 Å². The van der Waals surface area contributed by atoms with Crippen LogP contribution in [0.25, 0.3) is 21.2 Å². The number of aromatic nitrogens is 1. The van der Waals surface area contributed by atoms with Gasteiger partial charge in [0, 0.05) is 29.2 Å². The lowest BCUT2D eigenvalue weighted by atomic mass is 10.0. The summed E-state index contributed by atoms with van der Waals surface area (Å²) < 4.78 is 46.8. The number of carbonyl (C=O) groups excluding carboxylic acids is 1. The molecule has 8 heteroatoms. The Hall–Kier alpha value is -3.39. The normalized spacial score (nSPS) is 11.7. The number of pyridine rings is 1. The average Bonchev–Trinajstić information content (AvgIpc) is 3.18. The molecule has 0 spiro atoms. The van der Waals surface area contributed by atoms with Crippen molar-refractivity contribution in [2.75, 3.05) is 6.61 Å². The van der Waals surface area contributed by atoms with Gasteiger partial charge < -0.3 is 9.30 Å². The molecular formula is C25H20F3NO3S. The lowest BCUT2D eigenvalue weighted by Gasteiger charge is -2.10. The summed E-state index contributed by atoms with van der Waals surface area (Å²) in [5.41, 5.74) is 0.397. The quantitative estimate of drug-likeness (QED) is 0.333. The first kappa shape index (κ1) is 22.8. The van der Waals surface area contributed by atoms with Crippen molar-refractivity contribution in [3.63, 3.8) is 0 Å². The highest BCUT2D eigenvalue weighted by molar-refractivity contribution is 7.19. The second-order valence-corrected chi connectivity index (χ2v) is 8.73. The monoisotopic (exact) mass is 471 g/mol. The van der Waals surface area contributed by atoms with Gasteiger partial charge in [-0.25, -0.2) is 4.79 Å². The predicted octanol–water partition coefficient (Wildman–Crippen LogP) is 6.05. The molecule has 0 aliphatic heterocycles. The van der Waals surface area contributed by atoms with Crippen LogP contribution in [0.3, 0.4) is 0 Å². The number of rotatable bonds is 5. The Kier molecular flexibility index (Phi) is 6.12. The molecule has 0 radical (unpaired) electrons. The topological polar surface area (TPSA) is 48.3 Å². The maximum Gasteiger partial charge on any atom is 0.421 e. The molecule has 2 aromatic heterocycles. The van der Waals surface area contributed by atoms with Gasteiger partial charge in [-0.15, -0.1) is 11.3 Å². The minimum Gasteiger partial charge on any atom is -0.462 e. The van der Waals surface area contributed by atoms with Crippen LogP contribution in [-0.4, -0.2) is 17.1 Å². The first-order valence-electron chi connectivity index (χ1n) is 10.2. The smallest absolute Gasteiger partial charge is 0.421 e. The number of esters is 1. The summed E-state index contributed by atoms with van der Waals surface area (Å²) in [6.07, 6.45) is -3.01. The van der Waals surface area contributed by atoms with Crippen LogP contribution in [0.2, 0.25) is 0 Å². The second kappa shape index (κ2) is 8.86. The largest absolute Gasteiger partial charge is 0.462 e. The highest BCUT2D eigenvalue weighted by Crippen LogP contribution is 2.36. The van der Waals surface area contributed by atoms with E-state index in [1.54, 1.807) is 25.1 Å². The highest BCUT2D eigenvalue weighted by atomic mass is 32.1. The third-order valence-corrected chi connectivity index (χ3v) is 6.39. The van der Waals surface area contributed by atoms with Gasteiger partial charge in [0.05, 0.1) is 12.2 Å². The van der Waals surface area contributed by atoms with Gasteiger partial charge in [-0.05, 0) is 53.3 Å². The minimum atomic E-state index is -4.71. The fourth-order valence-corrected chi connectivity index (χ4v) is 4.97. The third kappa shape index (κ3) is 4.71. The molecule has 0 aliphatic rings. The minimum absolute atomic E-state index is 0.263. The van der Waals surface area contributed by atoms with Crippen molar-refractivity contribution in [3.05, 3.63) is 92.7 Å². The van der Waals surface area contributed by atoms with E-state index in [2.05, 4.69) is 0 Å². The lowest BCUT2D eigenvalue weighted by molar-refractivity contribution is -0.139. The van der Waals surface area contributed by atoms with Crippen LogP contribution in [0.15, 0.2) is 65.6 Å². The number of fused-ring (bicyclic) bond motifs is 1. The zero-order valence-corrected chi connectivity index (χ0v) is 18.7. The summed E-state index contributed by atoms with van der Waals surface area (Å²) in [7, 11) is 1.32. The van der Waals surface area contributed by atoms with Crippen LogP contribution >= 0.6 is 11.3 Å². The number of nitrogens with zero attached hydrogens (tertiary/aromatic N) is 1. The third-order valence-electron chi connectivity index (χ3n) is 5.20. The van der Waals surface area contributed by atoms with Crippen molar-refractivity contribution in [2.45, 2.75) is 19.5 Å². The summed E-state index contributed by atoms with van der Waals surface area (Å²) in [6.45, 7) is 2.03. The van der Waals surface area contributed by atoms with Crippen molar-refractivity contribution in [3.8, 4) is 11.1 Å². The van der Waals surface area contributed by atoms with Gasteiger partial charge in [-0.1, -0.05) is 30.3 Å². The Balaban J connectivity index is 1.73. The van der Waals surface area contributed by atoms with Gasteiger partial charge in [0.1, 0.15) is 5.56 Å². The van der Waals surface area contributed by atoms with E-state index in [1.807, 2.05) is 30.3 Å². The zero-order valence-electron chi connectivity index (χ0n) is 17.9. The SMILES string of the molecule is CCOC(=O)c1cccc(-c2cccc3cc(Cc4cc(C(F)(F)F)c(=O)n(C)c4)sc23)c1. The average molecular weight is 472 g/mol. The number of benzene rings is 2. The van der Waals surface area contributed by atoms with Gasteiger partial charge in [0.15, 0.2) is 0 Å². The van der Waals surface area contributed by atoms with E-state index >= 15 is 0 Å². The number of thiophene rings is 1. The summed E-state index contributed by atoms with van der Waals surface area (Å²) in [4.78, 5) is 24.9. The molecule has 0 amide bonds. The number of hydrogen-bond donors (Lipinski definition) is 0. The van der Waals surface area contributed by atoms with Gasteiger partial charge in [0.2, 0.25) is 0 Å². The van der Waals surface area contributed by atoms with E-state index in [1.165, 1.54) is 24.6 Å². The molecule has 0 atom stereocenters. The van der Waals surface area contributed by atoms with Crippen LogP contribution in [0, 0.1) is 0 Å². The Morgan fingerprint density at radius 3 is 2.58 bits per heavy atom. The molecule has 0 aliphatic carbocycles. The number of aryl methyl sites for hydroxylation is 1. The Morgan fingerprint density at radius 1 is 1.09 bits per heavy atom. The molecule has 170 valence electrons. The molecule has 0 fully saturated rings. The summed E-state index contributed by atoms with van der Waals surface area (Å²) in [6, 6.07) is 15.8. The number of halogens is 3. The predicted molar refractivity (Wildman–Crippen MR) is 123 cm³/mol. The van der Waals surface area contributed by atoms with Crippen molar-refractivity contribution in [1.29, 1.82) is 0 Å². The molecule has 0 bridgehead atoms. The van der Waals surface area contributed by atoms with E-state index in [-0.39, 0.29) is 13.0 Å². The lowest BCUT2D eigenvalue weighted by Crippen LogP contribution is -2.27. The Labute approximate surface area is 191 Å². The molecule has 0 saturated heterocycles. The van der Waals surface area contributed by atoms with Gasteiger partial charge >= 0.3 is 12.1 Å². The molecule has 2 heterocycles. The number of ether oxygens (including phenoxy) is 1. The van der Waals surface area contributed by atoms with Gasteiger partial charge in [-0.2, -0.15) is 13.2 Å². The fourth-order valence-electron chi connectivity index (χ4n) is 3.74. The molecule has 0 saturated carbocycles. The summed E-state index contributed by atoms with van der Waals surface area (Å²) in [5, 5.41) is 0.954. The van der Waals surface area contributed by atoms with E-state index in [0.717, 1.165) is 36.7 Å². The number of carbonyl (C=O) groups is 1. The van der Waals surface area contributed by atoms with Crippen molar-refractivity contribution in [2.24, 2.45) is 7.05 Å². The number of hydrogen-bond acceptors (Lipinski definition) is 4. The molecular weight excluding hydrogens is 451 g/mol. The van der Waals surface area contributed by atoms with Crippen LogP contribution in [0.1, 0.15) is 33.3 Å². The molecule has 4 aromatic rings. The van der Waals surface area contributed by atoms with Crippen LogP contribution in [-0.2, 0) is 24.4 Å². The maximum absolute atomic E-state index is 13.2. The summed E-state index contributed by atoms with van der Waals surface area (Å²) in [5.74, 6) is -0.395. The molecule has 4 nitrogen and oxygen atoms in total. The first-order valence-corrected chi connectivity index (χ1v) is 11.0. The summed E-state index contributed by atoms with van der Waals surface area (Å²) >= 11 is 1.48. The van der Waals surface area contributed by atoms with E-state index in [9.17, 15) is 22.8 Å². The number of alkyl halides is 3. The fraction of sp³-hybridized carbons (Fsp3) is 0.200. The first-order chi connectivity index (χ1) is 15.7. The van der Waals surface area contributed by atoms with Crippen molar-refractivity contribution in [1.82, 2.24) is 4.57 Å². The Bertz CT molecular complexity index is 1400. The molecule has 4 rings (SSSR count). The molecule has 0 unspecified atom stereocenters. The maximum atomic E-state index is 13.2. The van der Waals surface area contributed by atoms with Crippen molar-refractivity contribution < 1.29 is 22.7 Å². The molecule has 33 heavy (non-hydrogen) atoms. The Morgan fingerprint density at radius 2 is 1.85 bits per heavy atom. The standard InChI is InChI=1S/C25H20F3NO3S/c1-3-32-24(31)18-8-4-6-16(12-18)20-9-5-7-17-13-19(33-22(17)20)10-15-11-21(25(26,27)28)23(30)29(2)14-15/h4-9,11-14H,3,10H2,1-2H3. The van der Waals surface area contributed by atoms with Gasteiger partial charge in [0.25, 0.3) is 5.56 Å². The van der Waals surface area contributed by atoms with Crippen LogP contribution < -0.4 is 5.56 Å². The van der Waals surface area contributed by atoms with Crippen LogP contribution in [0.5, 0.6) is 0 Å². The van der Waals surface area contributed by atoms with Gasteiger partial charge in [-0.3, -0.25) is 4.79 Å². The molecule has 0 N–H and O–H groups in total. The van der Waals surface area contributed by atoms with E-state index in [4.69, 9.17) is 4.74 Å². The van der Waals surface area contributed by atoms with Crippen molar-refractivity contribution >= 4 is 27.4 Å². The molecule has 2 aromatic carbocycles. The highest BCUT2D eigenvalue weighted by Gasteiger charge is 2.34. The zero-order chi connectivity index (χ0) is 23.8.